The maximum absolute atomic E-state index is 9.60. The lowest BCUT2D eigenvalue weighted by atomic mass is 10.0. The van der Waals surface area contributed by atoms with Crippen molar-refractivity contribution in [2.75, 3.05) is 17.2 Å². The van der Waals surface area contributed by atoms with Crippen molar-refractivity contribution >= 4 is 17.2 Å². The largest absolute Gasteiger partial charge is 0.391 e. The number of fused-ring (bicyclic) bond motifs is 2. The Morgan fingerprint density at radius 1 is 1.24 bits per heavy atom. The van der Waals surface area contributed by atoms with Gasteiger partial charge in [-0.2, -0.15) is 0 Å². The number of pyridine rings is 1. The van der Waals surface area contributed by atoms with Gasteiger partial charge in [0.1, 0.15) is 5.82 Å². The van der Waals surface area contributed by atoms with Gasteiger partial charge in [-0.25, -0.2) is 4.98 Å². The zero-order chi connectivity index (χ0) is 14.2. The zero-order valence-corrected chi connectivity index (χ0v) is 11.5. The fourth-order valence-electron chi connectivity index (χ4n) is 2.87. The highest BCUT2D eigenvalue weighted by molar-refractivity contribution is 5.77. The number of aliphatic hydroxyl groups is 1. The molecule has 1 aromatic carbocycles. The van der Waals surface area contributed by atoms with Crippen molar-refractivity contribution in [1.82, 2.24) is 4.98 Å². The Morgan fingerprint density at radius 3 is 3.05 bits per heavy atom. The summed E-state index contributed by atoms with van der Waals surface area (Å²) in [5.74, 6) is 0.893. The van der Waals surface area contributed by atoms with Gasteiger partial charge in [-0.1, -0.05) is 12.1 Å². The Balaban J connectivity index is 1.65. The lowest BCUT2D eigenvalue weighted by Gasteiger charge is -2.14. The van der Waals surface area contributed by atoms with Gasteiger partial charge in [0.05, 0.1) is 30.2 Å². The van der Waals surface area contributed by atoms with E-state index in [2.05, 4.69) is 27.8 Å². The highest BCUT2D eigenvalue weighted by Gasteiger charge is 2.25. The molecule has 4 rings (SSSR count). The number of aromatic nitrogens is 1. The maximum Gasteiger partial charge on any atom is 0.135 e. The van der Waals surface area contributed by atoms with Crippen LogP contribution in [0.5, 0.6) is 0 Å². The molecule has 5 nitrogen and oxygen atoms in total. The zero-order valence-electron chi connectivity index (χ0n) is 11.5. The van der Waals surface area contributed by atoms with E-state index in [-0.39, 0.29) is 12.2 Å². The molecule has 2 unspecified atom stereocenters. The van der Waals surface area contributed by atoms with E-state index in [1.54, 1.807) is 6.20 Å². The predicted octanol–water partition coefficient (Wildman–Crippen LogP) is 2.57. The molecule has 0 amide bonds. The smallest absolute Gasteiger partial charge is 0.135 e. The molecule has 2 aromatic rings. The second-order valence-corrected chi connectivity index (χ2v) is 5.51. The van der Waals surface area contributed by atoms with Crippen molar-refractivity contribution in [2.45, 2.75) is 25.2 Å². The Kier molecular flexibility index (Phi) is 3.02. The molecule has 0 spiro atoms. The topological polar surface area (TPSA) is 66.4 Å². The molecule has 2 atom stereocenters. The minimum Gasteiger partial charge on any atom is -0.391 e. The van der Waals surface area contributed by atoms with Gasteiger partial charge in [0.2, 0.25) is 0 Å². The number of nitrogens with one attached hydrogen (secondary N) is 2. The van der Waals surface area contributed by atoms with Gasteiger partial charge >= 0.3 is 0 Å². The number of aliphatic hydroxyl groups excluding tert-OH is 1. The summed E-state index contributed by atoms with van der Waals surface area (Å²) in [5, 5.41) is 16.4. The van der Waals surface area contributed by atoms with Crippen molar-refractivity contribution in [2.24, 2.45) is 0 Å². The van der Waals surface area contributed by atoms with Crippen LogP contribution in [0.1, 0.15) is 23.7 Å². The summed E-state index contributed by atoms with van der Waals surface area (Å²) in [6.45, 7) is 1.16. The third kappa shape index (κ3) is 2.34. The predicted molar refractivity (Wildman–Crippen MR) is 80.6 cm³/mol. The van der Waals surface area contributed by atoms with E-state index in [4.69, 9.17) is 4.74 Å². The summed E-state index contributed by atoms with van der Waals surface area (Å²) in [4.78, 5) is 4.38. The van der Waals surface area contributed by atoms with E-state index in [0.717, 1.165) is 34.9 Å². The van der Waals surface area contributed by atoms with E-state index in [1.165, 1.54) is 0 Å². The molecule has 108 valence electrons. The van der Waals surface area contributed by atoms with Gasteiger partial charge in [-0.3, -0.25) is 0 Å². The van der Waals surface area contributed by atoms with Crippen LogP contribution in [-0.4, -0.2) is 22.8 Å². The maximum atomic E-state index is 9.60. The standard InChI is InChI=1S/C16H17N3O2/c20-12-7-15(21-9-12)10-3-4-13-14(6-10)18-8-11-2-1-5-17-16(11)19-13/h1-6,12,15,18,20H,7-9H2,(H,17,19). The number of hydrogen-bond acceptors (Lipinski definition) is 5. The molecule has 3 heterocycles. The molecule has 21 heavy (non-hydrogen) atoms. The van der Waals surface area contributed by atoms with Crippen molar-refractivity contribution in [3.8, 4) is 0 Å². The van der Waals surface area contributed by atoms with Crippen LogP contribution >= 0.6 is 0 Å². The van der Waals surface area contributed by atoms with Crippen LogP contribution in [0.4, 0.5) is 17.2 Å². The molecule has 1 fully saturated rings. The minimum absolute atomic E-state index is 0.0177. The van der Waals surface area contributed by atoms with Gasteiger partial charge in [0.25, 0.3) is 0 Å². The van der Waals surface area contributed by atoms with Crippen LogP contribution in [-0.2, 0) is 11.3 Å². The van der Waals surface area contributed by atoms with Crippen molar-refractivity contribution in [3.05, 3.63) is 47.7 Å². The van der Waals surface area contributed by atoms with Crippen LogP contribution in [0, 0.1) is 0 Å². The molecular formula is C16H17N3O2. The molecule has 0 radical (unpaired) electrons. The van der Waals surface area contributed by atoms with Crippen molar-refractivity contribution in [1.29, 1.82) is 0 Å². The average molecular weight is 283 g/mol. The number of ether oxygens (including phenoxy) is 1. The number of benzene rings is 1. The first-order chi connectivity index (χ1) is 10.3. The number of anilines is 3. The fourth-order valence-corrected chi connectivity index (χ4v) is 2.87. The van der Waals surface area contributed by atoms with Crippen LogP contribution in [0.15, 0.2) is 36.5 Å². The highest BCUT2D eigenvalue weighted by atomic mass is 16.5. The summed E-state index contributed by atoms with van der Waals surface area (Å²) in [5.41, 5.74) is 4.28. The molecule has 1 saturated heterocycles. The van der Waals surface area contributed by atoms with Gasteiger partial charge in [-0.15, -0.1) is 0 Å². The molecule has 0 bridgehead atoms. The second kappa shape index (κ2) is 5.02. The fraction of sp³-hybridized carbons (Fsp3) is 0.312. The first-order valence-electron chi connectivity index (χ1n) is 7.18. The number of nitrogens with zero attached hydrogens (tertiary/aromatic N) is 1. The lowest BCUT2D eigenvalue weighted by Crippen LogP contribution is -2.03. The third-order valence-corrected chi connectivity index (χ3v) is 4.00. The Bertz CT molecular complexity index is 674. The van der Waals surface area contributed by atoms with Crippen LogP contribution < -0.4 is 10.6 Å². The van der Waals surface area contributed by atoms with Gasteiger partial charge in [0, 0.05) is 24.7 Å². The first-order valence-corrected chi connectivity index (χ1v) is 7.18. The first kappa shape index (κ1) is 12.6. The minimum atomic E-state index is -0.353. The van der Waals surface area contributed by atoms with Crippen molar-refractivity contribution in [3.63, 3.8) is 0 Å². The molecule has 2 aliphatic heterocycles. The Hall–Kier alpha value is -2.11. The second-order valence-electron chi connectivity index (χ2n) is 5.51. The summed E-state index contributed by atoms with van der Waals surface area (Å²) in [6, 6.07) is 10.2. The van der Waals surface area contributed by atoms with E-state index >= 15 is 0 Å². The number of hydrogen-bond donors (Lipinski definition) is 3. The Morgan fingerprint density at radius 2 is 2.19 bits per heavy atom. The van der Waals surface area contributed by atoms with Gasteiger partial charge in [-0.05, 0) is 23.8 Å². The summed E-state index contributed by atoms with van der Waals surface area (Å²) < 4.78 is 5.62. The molecule has 2 aliphatic rings. The molecule has 3 N–H and O–H groups in total. The molecule has 1 aromatic heterocycles. The number of rotatable bonds is 1. The average Bonchev–Trinajstić information content (AvgIpc) is 2.85. The van der Waals surface area contributed by atoms with E-state index in [1.807, 2.05) is 18.2 Å². The molecule has 0 saturated carbocycles. The van der Waals surface area contributed by atoms with Crippen molar-refractivity contribution < 1.29 is 9.84 Å². The van der Waals surface area contributed by atoms with E-state index < -0.39 is 0 Å². The van der Waals surface area contributed by atoms with E-state index in [0.29, 0.717) is 13.0 Å². The van der Waals surface area contributed by atoms with E-state index in [9.17, 15) is 5.11 Å². The third-order valence-electron chi connectivity index (χ3n) is 4.00. The van der Waals surface area contributed by atoms with Crippen LogP contribution in [0.2, 0.25) is 0 Å². The quantitative estimate of drug-likeness (QED) is 0.750. The summed E-state index contributed by atoms with van der Waals surface area (Å²) in [6.07, 6.45) is 2.08. The van der Waals surface area contributed by atoms with Gasteiger partial charge in [0.15, 0.2) is 0 Å². The van der Waals surface area contributed by atoms with Gasteiger partial charge < -0.3 is 20.5 Å². The SMILES string of the molecule is OC1COC(c2ccc3c(c2)NCc2cccnc2N3)C1. The Labute approximate surface area is 123 Å². The summed E-state index contributed by atoms with van der Waals surface area (Å²) >= 11 is 0. The van der Waals surface area contributed by atoms with Crippen LogP contribution in [0.3, 0.4) is 0 Å². The normalized spacial score (nSPS) is 23.5. The molecular weight excluding hydrogens is 266 g/mol. The molecule has 0 aliphatic carbocycles. The lowest BCUT2D eigenvalue weighted by molar-refractivity contribution is 0.0889. The monoisotopic (exact) mass is 283 g/mol. The summed E-state index contributed by atoms with van der Waals surface area (Å²) in [7, 11) is 0. The molecule has 5 heteroatoms. The van der Waals surface area contributed by atoms with Crippen LogP contribution in [0.25, 0.3) is 0 Å². The highest BCUT2D eigenvalue weighted by Crippen LogP contribution is 2.36.